The van der Waals surface area contributed by atoms with Crippen molar-refractivity contribution in [2.75, 3.05) is 5.32 Å². The summed E-state index contributed by atoms with van der Waals surface area (Å²) in [6.45, 7) is 1.88. The molecule has 6 nitrogen and oxygen atoms in total. The molecule has 8 heteroatoms. The molecule has 29 heavy (non-hydrogen) atoms. The van der Waals surface area contributed by atoms with Crippen LogP contribution in [0.5, 0.6) is 5.75 Å². The van der Waals surface area contributed by atoms with Gasteiger partial charge in [0, 0.05) is 21.8 Å². The third-order valence-corrected chi connectivity index (χ3v) is 5.25. The first-order valence-electron chi connectivity index (χ1n) is 8.88. The number of hydrogen-bond acceptors (Lipinski definition) is 4. The molecule has 0 aliphatic heterocycles. The highest BCUT2D eigenvalue weighted by Crippen LogP contribution is 2.40. The molecular formula is C21H21Br2NO5. The van der Waals surface area contributed by atoms with Crippen LogP contribution in [0.4, 0.5) is 10.5 Å². The van der Waals surface area contributed by atoms with Gasteiger partial charge < -0.3 is 14.9 Å². The Morgan fingerprint density at radius 2 is 1.90 bits per heavy atom. The van der Waals surface area contributed by atoms with Gasteiger partial charge in [-0.2, -0.15) is 0 Å². The number of aliphatic carboxylic acids is 1. The summed E-state index contributed by atoms with van der Waals surface area (Å²) in [6.07, 6.45) is 2.28. The molecule has 0 saturated heterocycles. The fourth-order valence-electron chi connectivity index (χ4n) is 2.77. The van der Waals surface area contributed by atoms with Gasteiger partial charge in [-0.25, -0.2) is 9.59 Å². The van der Waals surface area contributed by atoms with Gasteiger partial charge in [0.05, 0.1) is 4.47 Å². The van der Waals surface area contributed by atoms with Crippen molar-refractivity contribution in [2.45, 2.75) is 25.9 Å². The Morgan fingerprint density at radius 3 is 2.55 bits per heavy atom. The summed E-state index contributed by atoms with van der Waals surface area (Å²) < 4.78 is 6.86. The maximum absolute atomic E-state index is 12.5. The van der Waals surface area contributed by atoms with Crippen LogP contribution in [0.25, 0.3) is 0 Å². The van der Waals surface area contributed by atoms with Crippen LogP contribution in [-0.4, -0.2) is 22.3 Å². The minimum Gasteiger partial charge on any atom is -0.506 e. The highest BCUT2D eigenvalue weighted by Gasteiger charge is 2.27. The highest BCUT2D eigenvalue weighted by molar-refractivity contribution is 9.11. The van der Waals surface area contributed by atoms with Crippen molar-refractivity contribution >= 4 is 49.6 Å². The molecule has 1 amide bonds. The van der Waals surface area contributed by atoms with Gasteiger partial charge in [0.15, 0.2) is 0 Å². The van der Waals surface area contributed by atoms with Crippen LogP contribution in [0.2, 0.25) is 0 Å². The summed E-state index contributed by atoms with van der Waals surface area (Å²) >= 11 is 6.69. The molecule has 0 unspecified atom stereocenters. The molecule has 3 N–H and O–H groups in total. The number of aromatic hydroxyl groups is 1. The lowest BCUT2D eigenvalue weighted by Crippen LogP contribution is -2.22. The Kier molecular flexibility index (Phi) is 8.72. The number of phenolic OH excluding ortho intramolecular Hbond substituents is 1. The maximum Gasteiger partial charge on any atom is 0.412 e. The number of amides is 1. The first-order valence-corrected chi connectivity index (χ1v) is 10.5. The second-order valence-electron chi connectivity index (χ2n) is 6.44. The van der Waals surface area contributed by atoms with E-state index >= 15 is 0 Å². The molecule has 0 spiro atoms. The lowest BCUT2D eigenvalue weighted by Gasteiger charge is -2.26. The second kappa shape index (κ2) is 11.0. The van der Waals surface area contributed by atoms with E-state index in [-0.39, 0.29) is 11.7 Å². The minimum atomic E-state index is -1.01. The monoisotopic (exact) mass is 525 g/mol. The summed E-state index contributed by atoms with van der Waals surface area (Å²) in [6, 6.07) is 12.3. The van der Waals surface area contributed by atoms with Crippen molar-refractivity contribution < 1.29 is 24.5 Å². The number of carboxylic acid groups (broad SMARTS) is 1. The number of benzene rings is 2. The normalized spacial score (nSPS) is 13.1. The van der Waals surface area contributed by atoms with Crippen LogP contribution in [-0.2, 0) is 9.53 Å². The van der Waals surface area contributed by atoms with Crippen molar-refractivity contribution in [3.05, 3.63) is 69.1 Å². The Labute approximate surface area is 185 Å². The molecule has 2 atom stereocenters. The number of halogens is 2. The standard InChI is InChI=1S/C21H21Br2NO5/c1-13(7-5-6-10-18(25)26)20(16-11-14(22)12-17(23)19(16)27)29-21(28)24-15-8-3-2-4-9-15/h2-4,6,8-13,20,27H,5,7H2,1H3,(H,24,28)(H,25,26)/b10-6+/t13-,20+/m0/s1. The topological polar surface area (TPSA) is 95.9 Å². The molecule has 0 radical (unpaired) electrons. The Balaban J connectivity index is 2.23. The first-order chi connectivity index (χ1) is 13.8. The zero-order valence-electron chi connectivity index (χ0n) is 15.6. The molecule has 2 aromatic carbocycles. The van der Waals surface area contributed by atoms with E-state index < -0.39 is 18.2 Å². The zero-order chi connectivity index (χ0) is 21.4. The summed E-state index contributed by atoms with van der Waals surface area (Å²) in [5.74, 6) is -1.22. The van der Waals surface area contributed by atoms with Crippen LogP contribution in [0.15, 0.2) is 63.6 Å². The molecule has 0 bridgehead atoms. The van der Waals surface area contributed by atoms with Crippen molar-refractivity contribution in [1.29, 1.82) is 0 Å². The number of rotatable bonds is 8. The first kappa shape index (κ1) is 23.0. The van der Waals surface area contributed by atoms with Crippen LogP contribution in [0, 0.1) is 5.92 Å². The van der Waals surface area contributed by atoms with E-state index in [9.17, 15) is 14.7 Å². The molecule has 0 saturated carbocycles. The van der Waals surface area contributed by atoms with Gasteiger partial charge in [-0.15, -0.1) is 0 Å². The molecule has 0 aliphatic rings. The smallest absolute Gasteiger partial charge is 0.412 e. The number of para-hydroxylation sites is 1. The number of carboxylic acids is 1. The van der Waals surface area contributed by atoms with Gasteiger partial charge in [-0.05, 0) is 59.0 Å². The van der Waals surface area contributed by atoms with E-state index in [0.29, 0.717) is 33.0 Å². The third kappa shape index (κ3) is 7.21. The quantitative estimate of drug-likeness (QED) is 0.352. The van der Waals surface area contributed by atoms with E-state index in [0.717, 1.165) is 6.08 Å². The maximum atomic E-state index is 12.5. The highest BCUT2D eigenvalue weighted by atomic mass is 79.9. The number of ether oxygens (including phenoxy) is 1. The van der Waals surface area contributed by atoms with Gasteiger partial charge in [-0.3, -0.25) is 5.32 Å². The lowest BCUT2D eigenvalue weighted by atomic mass is 9.92. The number of hydrogen-bond donors (Lipinski definition) is 3. The predicted molar refractivity (Wildman–Crippen MR) is 118 cm³/mol. The van der Waals surface area contributed by atoms with Gasteiger partial charge in [0.1, 0.15) is 11.9 Å². The number of anilines is 1. The molecule has 0 fully saturated rings. The van der Waals surface area contributed by atoms with Crippen molar-refractivity contribution in [1.82, 2.24) is 0 Å². The third-order valence-electron chi connectivity index (χ3n) is 4.18. The van der Waals surface area contributed by atoms with Crippen LogP contribution in [0.1, 0.15) is 31.4 Å². The number of allylic oxidation sites excluding steroid dienone is 1. The predicted octanol–water partition coefficient (Wildman–Crippen LogP) is 6.26. The molecule has 154 valence electrons. The number of carbonyl (C=O) groups is 2. The van der Waals surface area contributed by atoms with E-state index in [4.69, 9.17) is 9.84 Å². The second-order valence-corrected chi connectivity index (χ2v) is 8.21. The van der Waals surface area contributed by atoms with E-state index in [2.05, 4.69) is 37.2 Å². The average molecular weight is 527 g/mol. The van der Waals surface area contributed by atoms with Gasteiger partial charge in [-0.1, -0.05) is 47.1 Å². The van der Waals surface area contributed by atoms with Crippen molar-refractivity contribution in [3.63, 3.8) is 0 Å². The summed E-state index contributed by atoms with van der Waals surface area (Å²) in [7, 11) is 0. The number of carbonyl (C=O) groups excluding carboxylic acids is 1. The fraction of sp³-hybridized carbons (Fsp3) is 0.238. The lowest BCUT2D eigenvalue weighted by molar-refractivity contribution is -0.131. The van der Waals surface area contributed by atoms with Crippen molar-refractivity contribution in [2.24, 2.45) is 5.92 Å². The van der Waals surface area contributed by atoms with Crippen LogP contribution < -0.4 is 5.32 Å². The fourth-order valence-corrected chi connectivity index (χ4v) is 4.03. The minimum absolute atomic E-state index is 0.0151. The molecule has 0 heterocycles. The van der Waals surface area contributed by atoms with Gasteiger partial charge in [0.25, 0.3) is 0 Å². The average Bonchev–Trinajstić information content (AvgIpc) is 2.67. The molecule has 2 aromatic rings. The number of phenols is 1. The Hall–Kier alpha value is -2.32. The van der Waals surface area contributed by atoms with E-state index in [1.54, 1.807) is 42.5 Å². The van der Waals surface area contributed by atoms with Gasteiger partial charge in [0.2, 0.25) is 0 Å². The van der Waals surface area contributed by atoms with Crippen molar-refractivity contribution in [3.8, 4) is 5.75 Å². The summed E-state index contributed by atoms with van der Waals surface area (Å²) in [5, 5.41) is 21.9. The summed E-state index contributed by atoms with van der Waals surface area (Å²) in [4.78, 5) is 23.1. The number of nitrogens with one attached hydrogen (secondary N) is 1. The molecule has 0 aliphatic carbocycles. The SMILES string of the molecule is C[C@@H](CC/C=C/C(=O)O)[C@@H](OC(=O)Nc1ccccc1)c1cc(Br)cc(Br)c1O. The van der Waals surface area contributed by atoms with Gasteiger partial charge >= 0.3 is 12.1 Å². The van der Waals surface area contributed by atoms with Crippen LogP contribution >= 0.6 is 31.9 Å². The molecular weight excluding hydrogens is 506 g/mol. The molecule has 2 rings (SSSR count). The zero-order valence-corrected chi connectivity index (χ0v) is 18.8. The largest absolute Gasteiger partial charge is 0.506 e. The Morgan fingerprint density at radius 1 is 1.21 bits per heavy atom. The summed E-state index contributed by atoms with van der Waals surface area (Å²) in [5.41, 5.74) is 1.04. The van der Waals surface area contributed by atoms with Crippen LogP contribution in [0.3, 0.4) is 0 Å². The molecule has 0 aromatic heterocycles. The van der Waals surface area contributed by atoms with E-state index in [1.165, 1.54) is 0 Å². The van der Waals surface area contributed by atoms with E-state index in [1.807, 2.05) is 13.0 Å². The Bertz CT molecular complexity index is 886.